The van der Waals surface area contributed by atoms with Crippen LogP contribution in [0.25, 0.3) is 0 Å². The number of anilines is 1. The van der Waals surface area contributed by atoms with Gasteiger partial charge in [-0.05, 0) is 24.6 Å². The minimum atomic E-state index is -0.104. The molecule has 1 aromatic rings. The fourth-order valence-corrected chi connectivity index (χ4v) is 1.89. The van der Waals surface area contributed by atoms with Crippen molar-refractivity contribution in [3.63, 3.8) is 0 Å². The Kier molecular flexibility index (Phi) is 3.19. The summed E-state index contributed by atoms with van der Waals surface area (Å²) in [4.78, 5) is 17.6. The maximum atomic E-state index is 11.1. The minimum absolute atomic E-state index is 0.104. The Labute approximate surface area is 95.0 Å². The molecule has 1 aliphatic rings. The Bertz CT molecular complexity index is 377. The largest absolute Gasteiger partial charge is 0.354 e. The highest BCUT2D eigenvalue weighted by Crippen LogP contribution is 2.16. The molecule has 0 radical (unpaired) electrons. The van der Waals surface area contributed by atoms with Crippen molar-refractivity contribution in [2.24, 2.45) is 0 Å². The average molecular weight is 217 g/mol. The van der Waals surface area contributed by atoms with Crippen LogP contribution in [-0.2, 0) is 4.79 Å². The van der Waals surface area contributed by atoms with Crippen molar-refractivity contribution in [3.8, 4) is 0 Å². The van der Waals surface area contributed by atoms with Gasteiger partial charge in [0.25, 0.3) is 0 Å². The second-order valence-corrected chi connectivity index (χ2v) is 3.83. The number of hydrogen-bond donors (Lipinski definition) is 1. The van der Waals surface area contributed by atoms with Gasteiger partial charge in [-0.3, -0.25) is 4.79 Å². The molecule has 0 spiro atoms. The van der Waals surface area contributed by atoms with Crippen LogP contribution < -0.4 is 10.2 Å². The highest BCUT2D eigenvalue weighted by atomic mass is 16.1. The molecule has 2 rings (SSSR count). The third-order valence-corrected chi connectivity index (χ3v) is 2.69. The van der Waals surface area contributed by atoms with Gasteiger partial charge in [-0.15, -0.1) is 0 Å². The van der Waals surface area contributed by atoms with Gasteiger partial charge in [0.1, 0.15) is 5.82 Å². The first-order chi connectivity index (χ1) is 7.79. The van der Waals surface area contributed by atoms with Gasteiger partial charge in [-0.25, -0.2) is 4.98 Å². The van der Waals surface area contributed by atoms with Crippen LogP contribution in [0.5, 0.6) is 0 Å². The first kappa shape index (κ1) is 10.7. The zero-order valence-electron chi connectivity index (χ0n) is 9.10. The Morgan fingerprint density at radius 2 is 2.50 bits per heavy atom. The maximum absolute atomic E-state index is 11.1. The minimum Gasteiger partial charge on any atom is -0.354 e. The lowest BCUT2D eigenvalue weighted by Gasteiger charge is -2.17. The van der Waals surface area contributed by atoms with E-state index < -0.39 is 0 Å². The topological polar surface area (TPSA) is 45.2 Å². The first-order valence-corrected chi connectivity index (χ1v) is 5.38. The summed E-state index contributed by atoms with van der Waals surface area (Å²) in [5, 5.41) is 2.90. The van der Waals surface area contributed by atoms with E-state index in [1.54, 1.807) is 6.20 Å². The van der Waals surface area contributed by atoms with Crippen molar-refractivity contribution < 1.29 is 4.79 Å². The van der Waals surface area contributed by atoms with Crippen LogP contribution in [0.4, 0.5) is 5.82 Å². The number of nitrogens with one attached hydrogen (secondary N) is 1. The summed E-state index contributed by atoms with van der Waals surface area (Å²) in [5.74, 6) is 0.866. The monoisotopic (exact) mass is 217 g/mol. The number of nitrogens with zero attached hydrogens (tertiary/aromatic N) is 2. The Morgan fingerprint density at radius 3 is 3.19 bits per heavy atom. The number of pyridine rings is 1. The number of carbonyl (C=O) groups excluding carboxylic acids is 1. The molecule has 1 aromatic heterocycles. The van der Waals surface area contributed by atoms with E-state index in [4.69, 9.17) is 0 Å². The van der Waals surface area contributed by atoms with Gasteiger partial charge in [0, 0.05) is 25.3 Å². The van der Waals surface area contributed by atoms with Crippen LogP contribution >= 0.6 is 0 Å². The second kappa shape index (κ2) is 4.79. The normalized spacial score (nSPS) is 19.5. The fourth-order valence-electron chi connectivity index (χ4n) is 1.89. The highest BCUT2D eigenvalue weighted by molar-refractivity contribution is 5.87. The number of rotatable bonds is 3. The summed E-state index contributed by atoms with van der Waals surface area (Å²) in [6.45, 7) is 5.19. The summed E-state index contributed by atoms with van der Waals surface area (Å²) in [6, 6.07) is 6.05. The quantitative estimate of drug-likeness (QED) is 0.767. The third-order valence-electron chi connectivity index (χ3n) is 2.69. The van der Waals surface area contributed by atoms with Crippen molar-refractivity contribution in [2.75, 3.05) is 18.0 Å². The molecule has 1 unspecified atom stereocenters. The van der Waals surface area contributed by atoms with Crippen molar-refractivity contribution in [1.82, 2.24) is 10.3 Å². The molecule has 1 fully saturated rings. The van der Waals surface area contributed by atoms with E-state index in [0.717, 1.165) is 25.3 Å². The molecule has 2 heterocycles. The maximum Gasteiger partial charge on any atom is 0.243 e. The van der Waals surface area contributed by atoms with Crippen LogP contribution in [0.1, 0.15) is 6.42 Å². The molecule has 0 aromatic carbocycles. The Hall–Kier alpha value is -1.84. The molecule has 1 amide bonds. The van der Waals surface area contributed by atoms with E-state index in [2.05, 4.69) is 21.8 Å². The molecule has 0 aliphatic carbocycles. The summed E-state index contributed by atoms with van der Waals surface area (Å²) in [5.41, 5.74) is 0. The lowest BCUT2D eigenvalue weighted by molar-refractivity contribution is -0.117. The van der Waals surface area contributed by atoms with Crippen LogP contribution in [0.2, 0.25) is 0 Å². The van der Waals surface area contributed by atoms with Gasteiger partial charge in [0.05, 0.1) is 0 Å². The molecular weight excluding hydrogens is 202 g/mol. The zero-order chi connectivity index (χ0) is 11.4. The predicted molar refractivity (Wildman–Crippen MR) is 63.2 cm³/mol. The average Bonchev–Trinajstić information content (AvgIpc) is 2.78. The van der Waals surface area contributed by atoms with Gasteiger partial charge >= 0.3 is 0 Å². The number of carbonyl (C=O) groups is 1. The number of aromatic nitrogens is 1. The van der Waals surface area contributed by atoms with Gasteiger partial charge in [-0.1, -0.05) is 12.6 Å². The fraction of sp³-hybridized carbons (Fsp3) is 0.333. The third kappa shape index (κ3) is 2.39. The SMILES string of the molecule is C=CC(=O)NC1CCN(c2ccccn2)C1. The predicted octanol–water partition coefficient (Wildman–Crippen LogP) is 0.962. The molecule has 0 bridgehead atoms. The van der Waals surface area contributed by atoms with E-state index >= 15 is 0 Å². The number of hydrogen-bond acceptors (Lipinski definition) is 3. The van der Waals surface area contributed by atoms with Gasteiger partial charge in [0.15, 0.2) is 0 Å². The smallest absolute Gasteiger partial charge is 0.243 e. The number of amides is 1. The Balaban J connectivity index is 1.93. The van der Waals surface area contributed by atoms with E-state index in [1.165, 1.54) is 6.08 Å². The van der Waals surface area contributed by atoms with Crippen molar-refractivity contribution in [3.05, 3.63) is 37.1 Å². The van der Waals surface area contributed by atoms with Crippen molar-refractivity contribution >= 4 is 11.7 Å². The van der Waals surface area contributed by atoms with Crippen LogP contribution in [0, 0.1) is 0 Å². The Morgan fingerprint density at radius 1 is 1.62 bits per heavy atom. The molecule has 84 valence electrons. The summed E-state index contributed by atoms with van der Waals surface area (Å²) in [6.07, 6.45) is 4.05. The molecule has 4 heteroatoms. The van der Waals surface area contributed by atoms with E-state index in [0.29, 0.717) is 0 Å². The summed E-state index contributed by atoms with van der Waals surface area (Å²) >= 11 is 0. The van der Waals surface area contributed by atoms with Crippen LogP contribution in [-0.4, -0.2) is 30.0 Å². The van der Waals surface area contributed by atoms with Crippen LogP contribution in [0.3, 0.4) is 0 Å². The molecule has 1 aliphatic heterocycles. The standard InChI is InChI=1S/C12H15N3O/c1-2-12(16)14-10-6-8-15(9-10)11-5-3-4-7-13-11/h2-5,7,10H,1,6,8-9H2,(H,14,16). The lowest BCUT2D eigenvalue weighted by Crippen LogP contribution is -2.36. The van der Waals surface area contributed by atoms with E-state index in [1.807, 2.05) is 18.2 Å². The molecule has 1 saturated heterocycles. The summed E-state index contributed by atoms with van der Waals surface area (Å²) < 4.78 is 0. The molecule has 16 heavy (non-hydrogen) atoms. The van der Waals surface area contributed by atoms with E-state index in [9.17, 15) is 4.79 Å². The summed E-state index contributed by atoms with van der Waals surface area (Å²) in [7, 11) is 0. The highest BCUT2D eigenvalue weighted by Gasteiger charge is 2.23. The molecular formula is C12H15N3O. The molecule has 1 atom stereocenters. The van der Waals surface area contributed by atoms with E-state index in [-0.39, 0.29) is 11.9 Å². The van der Waals surface area contributed by atoms with Crippen LogP contribution in [0.15, 0.2) is 37.1 Å². The van der Waals surface area contributed by atoms with Gasteiger partial charge in [0.2, 0.25) is 5.91 Å². The zero-order valence-corrected chi connectivity index (χ0v) is 9.10. The van der Waals surface area contributed by atoms with Gasteiger partial charge < -0.3 is 10.2 Å². The lowest BCUT2D eigenvalue weighted by atomic mass is 10.2. The molecule has 4 nitrogen and oxygen atoms in total. The van der Waals surface area contributed by atoms with Gasteiger partial charge in [-0.2, -0.15) is 0 Å². The first-order valence-electron chi connectivity index (χ1n) is 5.38. The van der Waals surface area contributed by atoms with Crippen molar-refractivity contribution in [2.45, 2.75) is 12.5 Å². The molecule has 1 N–H and O–H groups in total. The molecule has 0 saturated carbocycles. The second-order valence-electron chi connectivity index (χ2n) is 3.83. The van der Waals surface area contributed by atoms with Crippen molar-refractivity contribution in [1.29, 1.82) is 0 Å².